The number of rotatable bonds is 5. The van der Waals surface area contributed by atoms with Crippen molar-refractivity contribution < 1.29 is 33.4 Å². The molecule has 3 aliphatic rings. The first-order chi connectivity index (χ1) is 26.5. The Hall–Kier alpha value is -6.25. The molecule has 0 unspecified atom stereocenters. The number of benzene rings is 3. The Labute approximate surface area is 317 Å². The number of ether oxygens (including phenoxy) is 2. The number of nitrogens with one attached hydrogen (secondary N) is 4. The van der Waals surface area contributed by atoms with Gasteiger partial charge < -0.3 is 35.6 Å². The third kappa shape index (κ3) is 9.47. The quantitative estimate of drug-likeness (QED) is 0.219. The lowest BCUT2D eigenvalue weighted by Crippen LogP contribution is -2.61. The highest BCUT2D eigenvalue weighted by Gasteiger charge is 2.45. The molecule has 5 amide bonds. The fraction of sp³-hybridized carbons (Fsp3) is 0.375. The van der Waals surface area contributed by atoms with Crippen LogP contribution < -0.4 is 36.3 Å². The number of hydrogen-bond donors (Lipinski definition) is 4. The maximum atomic E-state index is 14.2. The van der Waals surface area contributed by atoms with Crippen LogP contribution in [0.15, 0.2) is 90.0 Å². The van der Waals surface area contributed by atoms with Crippen LogP contribution in [0, 0.1) is 0 Å². The average molecular weight is 752 g/mol. The lowest BCUT2D eigenvalue weighted by atomic mass is 9.89. The number of hydrogen-bond acceptors (Lipinski definition) is 9. The van der Waals surface area contributed by atoms with Crippen LogP contribution in [-0.2, 0) is 36.9 Å². The number of carbonyl (C=O) groups excluding carboxylic acids is 5. The van der Waals surface area contributed by atoms with Gasteiger partial charge >= 0.3 is 0 Å². The smallest absolute Gasteiger partial charge is 0.264 e. The van der Waals surface area contributed by atoms with Crippen LogP contribution in [0.3, 0.4) is 0 Å². The standard InChI is InChI=1S/C40H45N7O8/c1-26-35(49)41-19-23-54-29-12-14-30(15-13-29)55-40(39(53)44-27(2)36(50)45-33(37(51)43-26)24-28-8-4-3-5-9-28)17-21-46(22-18-40)34(48)16-20-47-25-42-32-11-7-6-10-31(32)38(47)52/h3-15,25-27,33H,16-24H2,1-2H3,(H,41,49)(H,43,51)(H,44,53)(H,45,50)/t26-,27-,33-/m0/s1. The maximum Gasteiger partial charge on any atom is 0.264 e. The van der Waals surface area contributed by atoms with E-state index in [1.807, 2.05) is 30.3 Å². The number of aryl methyl sites for hydroxylation is 1. The minimum absolute atomic E-state index is 0.0544. The van der Waals surface area contributed by atoms with Crippen LogP contribution in [0.5, 0.6) is 11.5 Å². The summed E-state index contributed by atoms with van der Waals surface area (Å²) in [5, 5.41) is 11.4. The number of aromatic nitrogens is 2. The molecule has 0 aliphatic carbocycles. The third-order valence-electron chi connectivity index (χ3n) is 9.85. The topological polar surface area (TPSA) is 190 Å². The van der Waals surface area contributed by atoms with Gasteiger partial charge in [0.15, 0.2) is 5.60 Å². The summed E-state index contributed by atoms with van der Waals surface area (Å²) < 4.78 is 13.6. The average Bonchev–Trinajstić information content (AvgIpc) is 3.19. The molecular formula is C40H45N7O8. The maximum absolute atomic E-state index is 14.2. The molecule has 15 heteroatoms. The second-order valence-electron chi connectivity index (χ2n) is 13.8. The SMILES string of the molecule is C[C@@H]1NC(=O)[C@H](Cc2ccccc2)NC(=O)[C@H](C)NC(=O)C2(CCN(C(=O)CCn3cnc4ccccc4c3=O)CC2)Oc2ccc(cc2)OCCNC1=O. The number of para-hydroxylation sites is 1. The van der Waals surface area contributed by atoms with E-state index in [2.05, 4.69) is 26.3 Å². The molecule has 3 aromatic carbocycles. The van der Waals surface area contributed by atoms with Crippen molar-refractivity contribution in [3.63, 3.8) is 0 Å². The van der Waals surface area contributed by atoms with Crippen LogP contribution >= 0.6 is 0 Å². The highest BCUT2D eigenvalue weighted by Crippen LogP contribution is 2.31. The molecule has 1 fully saturated rings. The molecule has 3 atom stereocenters. The summed E-state index contributed by atoms with van der Waals surface area (Å²) >= 11 is 0. The van der Waals surface area contributed by atoms with Crippen molar-refractivity contribution in [3.05, 3.63) is 101 Å². The van der Waals surface area contributed by atoms with Gasteiger partial charge in [-0.3, -0.25) is 33.3 Å². The molecule has 4 N–H and O–H groups in total. The summed E-state index contributed by atoms with van der Waals surface area (Å²) in [5.74, 6) is -1.47. The van der Waals surface area contributed by atoms with Gasteiger partial charge in [-0.25, -0.2) is 4.98 Å². The predicted octanol–water partition coefficient (Wildman–Crippen LogP) is 1.47. The largest absolute Gasteiger partial charge is 0.492 e. The molecular weight excluding hydrogens is 706 g/mol. The van der Waals surface area contributed by atoms with E-state index in [-0.39, 0.29) is 69.9 Å². The molecule has 2 bridgehead atoms. The van der Waals surface area contributed by atoms with E-state index >= 15 is 0 Å². The van der Waals surface area contributed by atoms with Crippen LogP contribution in [0.25, 0.3) is 10.9 Å². The Morgan fingerprint density at radius 2 is 1.47 bits per heavy atom. The first kappa shape index (κ1) is 38.5. The summed E-state index contributed by atoms with van der Waals surface area (Å²) in [5.41, 5.74) is -0.318. The monoisotopic (exact) mass is 751 g/mol. The zero-order valence-corrected chi connectivity index (χ0v) is 30.8. The zero-order valence-electron chi connectivity index (χ0n) is 30.8. The first-order valence-corrected chi connectivity index (χ1v) is 18.4. The van der Waals surface area contributed by atoms with Crippen molar-refractivity contribution in [1.82, 2.24) is 35.7 Å². The third-order valence-corrected chi connectivity index (χ3v) is 9.85. The summed E-state index contributed by atoms with van der Waals surface area (Å²) in [4.78, 5) is 86.3. The highest BCUT2D eigenvalue weighted by atomic mass is 16.5. The van der Waals surface area contributed by atoms with Crippen LogP contribution in [0.2, 0.25) is 0 Å². The molecule has 4 aromatic rings. The fourth-order valence-electron chi connectivity index (χ4n) is 6.59. The van der Waals surface area contributed by atoms with Crippen LogP contribution in [0.4, 0.5) is 0 Å². The summed E-state index contributed by atoms with van der Waals surface area (Å²) in [6, 6.07) is 19.8. The van der Waals surface area contributed by atoms with Gasteiger partial charge in [0.2, 0.25) is 23.6 Å². The van der Waals surface area contributed by atoms with Crippen molar-refractivity contribution >= 4 is 40.4 Å². The number of fused-ring (bicyclic) bond motifs is 16. The number of carbonyl (C=O) groups is 5. The minimum atomic E-state index is -1.45. The van der Waals surface area contributed by atoms with E-state index in [1.54, 1.807) is 60.4 Å². The van der Waals surface area contributed by atoms with Crippen molar-refractivity contribution in [3.8, 4) is 11.5 Å². The molecule has 1 saturated heterocycles. The number of nitrogens with zero attached hydrogens (tertiary/aromatic N) is 3. The first-order valence-electron chi connectivity index (χ1n) is 18.4. The van der Waals surface area contributed by atoms with Gasteiger partial charge in [-0.1, -0.05) is 42.5 Å². The van der Waals surface area contributed by atoms with Gasteiger partial charge in [-0.15, -0.1) is 0 Å². The number of likely N-dealkylation sites (tertiary alicyclic amines) is 1. The fourth-order valence-corrected chi connectivity index (χ4v) is 6.59. The highest BCUT2D eigenvalue weighted by molar-refractivity contribution is 5.95. The Kier molecular flexibility index (Phi) is 12.1. The van der Waals surface area contributed by atoms with E-state index in [0.717, 1.165) is 5.56 Å². The van der Waals surface area contributed by atoms with Gasteiger partial charge in [0.1, 0.15) is 36.2 Å². The van der Waals surface area contributed by atoms with Gasteiger partial charge in [-0.05, 0) is 55.8 Å². The molecule has 3 aliphatic heterocycles. The number of piperidine rings is 1. The van der Waals surface area contributed by atoms with Crippen molar-refractivity contribution in [2.45, 2.75) is 69.8 Å². The van der Waals surface area contributed by atoms with Crippen LogP contribution in [-0.4, -0.2) is 94.0 Å². The van der Waals surface area contributed by atoms with Gasteiger partial charge in [0.25, 0.3) is 11.5 Å². The molecule has 1 spiro atoms. The Balaban J connectivity index is 1.18. The van der Waals surface area contributed by atoms with E-state index < -0.39 is 47.4 Å². The predicted molar refractivity (Wildman–Crippen MR) is 202 cm³/mol. The Bertz CT molecular complexity index is 2080. The zero-order chi connectivity index (χ0) is 39.0. The molecule has 7 rings (SSSR count). The number of amides is 5. The molecule has 288 valence electrons. The summed E-state index contributed by atoms with van der Waals surface area (Å²) in [6.07, 6.45) is 1.86. The molecule has 55 heavy (non-hydrogen) atoms. The normalized spacial score (nSPS) is 21.1. The molecule has 0 saturated carbocycles. The molecule has 4 heterocycles. The summed E-state index contributed by atoms with van der Waals surface area (Å²) in [6.45, 7) is 3.89. The molecule has 1 aromatic heterocycles. The van der Waals surface area contributed by atoms with Gasteiger partial charge in [0, 0.05) is 45.3 Å². The lowest BCUT2D eigenvalue weighted by molar-refractivity contribution is -0.148. The second kappa shape index (κ2) is 17.3. The van der Waals surface area contributed by atoms with Crippen LogP contribution in [0.1, 0.15) is 38.7 Å². The summed E-state index contributed by atoms with van der Waals surface area (Å²) in [7, 11) is 0. The second-order valence-corrected chi connectivity index (χ2v) is 13.8. The van der Waals surface area contributed by atoms with Crippen molar-refractivity contribution in [2.75, 3.05) is 26.2 Å². The molecule has 15 nitrogen and oxygen atoms in total. The minimum Gasteiger partial charge on any atom is -0.492 e. The van der Waals surface area contributed by atoms with Gasteiger partial charge in [0.05, 0.1) is 23.8 Å². The van der Waals surface area contributed by atoms with Gasteiger partial charge in [-0.2, -0.15) is 0 Å². The Morgan fingerprint density at radius 3 is 2.22 bits per heavy atom. The Morgan fingerprint density at radius 1 is 0.800 bits per heavy atom. The lowest BCUT2D eigenvalue weighted by Gasteiger charge is -2.41. The van der Waals surface area contributed by atoms with E-state index in [0.29, 0.717) is 22.4 Å². The van der Waals surface area contributed by atoms with Crippen molar-refractivity contribution in [1.29, 1.82) is 0 Å². The van der Waals surface area contributed by atoms with E-state index in [9.17, 15) is 28.8 Å². The van der Waals surface area contributed by atoms with E-state index in [1.165, 1.54) is 17.8 Å². The van der Waals surface area contributed by atoms with Crippen molar-refractivity contribution in [2.24, 2.45) is 0 Å². The van der Waals surface area contributed by atoms with E-state index in [4.69, 9.17) is 9.47 Å². The molecule has 0 radical (unpaired) electrons.